The predicted octanol–water partition coefficient (Wildman–Crippen LogP) is 3.80. The summed E-state index contributed by atoms with van der Waals surface area (Å²) >= 11 is 0. The smallest absolute Gasteiger partial charge is 0.170 e. The van der Waals surface area contributed by atoms with Crippen molar-refractivity contribution < 1.29 is 24.4 Å². The minimum absolute atomic E-state index is 0.229. The number of hydrogen-bond donors (Lipinski definition) is 2. The summed E-state index contributed by atoms with van der Waals surface area (Å²) in [5.41, 5.74) is 1.64. The van der Waals surface area contributed by atoms with Gasteiger partial charge in [-0.15, -0.1) is 0 Å². The fraction of sp³-hybridized carbons (Fsp3) is 0.478. The first-order valence-corrected chi connectivity index (χ1v) is 10.1. The van der Waals surface area contributed by atoms with E-state index in [-0.39, 0.29) is 5.75 Å². The van der Waals surface area contributed by atoms with Crippen molar-refractivity contribution in [2.24, 2.45) is 0 Å². The molecule has 0 aliphatic rings. The fourth-order valence-corrected chi connectivity index (χ4v) is 3.29. The van der Waals surface area contributed by atoms with Gasteiger partial charge in [0.2, 0.25) is 0 Å². The van der Waals surface area contributed by atoms with Crippen LogP contribution in [0.25, 0.3) is 0 Å². The Kier molecular flexibility index (Phi) is 9.09. The molecule has 0 amide bonds. The van der Waals surface area contributed by atoms with Crippen LogP contribution >= 0.6 is 0 Å². The van der Waals surface area contributed by atoms with E-state index >= 15 is 0 Å². The molecule has 2 N–H and O–H groups in total. The average Bonchev–Trinajstić information content (AvgIpc) is 2.75. The van der Waals surface area contributed by atoms with Gasteiger partial charge in [-0.2, -0.15) is 0 Å². The van der Waals surface area contributed by atoms with E-state index in [2.05, 4.69) is 18.7 Å². The Hall–Kier alpha value is -2.44. The summed E-state index contributed by atoms with van der Waals surface area (Å²) in [7, 11) is 3.17. The van der Waals surface area contributed by atoms with Gasteiger partial charge < -0.3 is 29.3 Å². The first-order chi connectivity index (χ1) is 14.0. The number of aliphatic hydroxyl groups is 1. The van der Waals surface area contributed by atoms with Crippen LogP contribution in [0.4, 0.5) is 0 Å². The van der Waals surface area contributed by atoms with E-state index in [1.807, 2.05) is 12.1 Å². The van der Waals surface area contributed by atoms with Crippen LogP contribution in [0.15, 0.2) is 36.4 Å². The van der Waals surface area contributed by atoms with Crippen molar-refractivity contribution in [2.75, 3.05) is 40.5 Å². The van der Waals surface area contributed by atoms with Crippen molar-refractivity contribution in [2.45, 2.75) is 32.8 Å². The molecule has 0 heterocycles. The molecule has 0 aliphatic carbocycles. The number of aromatic hydroxyl groups is 1. The van der Waals surface area contributed by atoms with Gasteiger partial charge in [0.1, 0.15) is 18.1 Å². The summed E-state index contributed by atoms with van der Waals surface area (Å²) in [4.78, 5) is 2.27. The minimum atomic E-state index is -0.780. The number of ether oxygens (including phenoxy) is 3. The number of likely N-dealkylation sites (N-methyl/N-ethyl adjacent to an activating group) is 1. The van der Waals surface area contributed by atoms with E-state index in [4.69, 9.17) is 14.2 Å². The SMILES string of the molecule is CCN(CC)CCOc1c(OC)ccc(OC)c1C(O)CCc1ccc(O)cc1. The van der Waals surface area contributed by atoms with Gasteiger partial charge in [-0.3, -0.25) is 0 Å². The molecule has 1 unspecified atom stereocenters. The summed E-state index contributed by atoms with van der Waals surface area (Å²) in [6, 6.07) is 10.6. The minimum Gasteiger partial charge on any atom is -0.508 e. The maximum absolute atomic E-state index is 11.0. The van der Waals surface area contributed by atoms with Crippen LogP contribution in [0.3, 0.4) is 0 Å². The van der Waals surface area contributed by atoms with Gasteiger partial charge in [0.15, 0.2) is 11.5 Å². The lowest BCUT2D eigenvalue weighted by molar-refractivity contribution is 0.152. The molecule has 0 radical (unpaired) electrons. The summed E-state index contributed by atoms with van der Waals surface area (Å²) in [5.74, 6) is 1.90. The molecule has 6 heteroatoms. The highest BCUT2D eigenvalue weighted by molar-refractivity contribution is 5.55. The lowest BCUT2D eigenvalue weighted by Crippen LogP contribution is -2.28. The summed E-state index contributed by atoms with van der Waals surface area (Å²) in [5, 5.41) is 20.4. The van der Waals surface area contributed by atoms with E-state index in [9.17, 15) is 10.2 Å². The van der Waals surface area contributed by atoms with Crippen molar-refractivity contribution in [3.05, 3.63) is 47.5 Å². The largest absolute Gasteiger partial charge is 0.508 e. The van der Waals surface area contributed by atoms with E-state index in [0.29, 0.717) is 42.3 Å². The average molecular weight is 404 g/mol. The maximum Gasteiger partial charge on any atom is 0.170 e. The molecule has 1 atom stereocenters. The van der Waals surface area contributed by atoms with Crippen LogP contribution in [0.5, 0.6) is 23.0 Å². The molecule has 0 bridgehead atoms. The van der Waals surface area contributed by atoms with Gasteiger partial charge in [0, 0.05) is 6.54 Å². The second kappa shape index (κ2) is 11.5. The first-order valence-electron chi connectivity index (χ1n) is 10.1. The molecule has 0 saturated carbocycles. The van der Waals surface area contributed by atoms with Crippen molar-refractivity contribution in [1.29, 1.82) is 0 Å². The van der Waals surface area contributed by atoms with Crippen molar-refractivity contribution in [3.8, 4) is 23.0 Å². The molecule has 2 rings (SSSR count). The van der Waals surface area contributed by atoms with Crippen LogP contribution in [-0.2, 0) is 6.42 Å². The normalized spacial score (nSPS) is 12.1. The number of rotatable bonds is 12. The Morgan fingerprint density at radius 3 is 2.14 bits per heavy atom. The fourth-order valence-electron chi connectivity index (χ4n) is 3.29. The van der Waals surface area contributed by atoms with E-state index in [1.165, 1.54) is 0 Å². The lowest BCUT2D eigenvalue weighted by atomic mass is 9.99. The second-order valence-electron chi connectivity index (χ2n) is 6.81. The van der Waals surface area contributed by atoms with Crippen LogP contribution in [0, 0.1) is 0 Å². The number of methoxy groups -OCH3 is 2. The molecule has 0 fully saturated rings. The van der Waals surface area contributed by atoms with Crippen molar-refractivity contribution >= 4 is 0 Å². The molecule has 29 heavy (non-hydrogen) atoms. The summed E-state index contributed by atoms with van der Waals surface area (Å²) in [6.07, 6.45) is 0.360. The van der Waals surface area contributed by atoms with Crippen LogP contribution < -0.4 is 14.2 Å². The summed E-state index contributed by atoms with van der Waals surface area (Å²) < 4.78 is 17.1. The van der Waals surface area contributed by atoms with E-state index < -0.39 is 6.10 Å². The maximum atomic E-state index is 11.0. The third kappa shape index (κ3) is 6.27. The molecule has 2 aromatic rings. The first kappa shape index (κ1) is 22.8. The summed E-state index contributed by atoms with van der Waals surface area (Å²) in [6.45, 7) is 7.43. The third-order valence-corrected chi connectivity index (χ3v) is 5.08. The lowest BCUT2D eigenvalue weighted by Gasteiger charge is -2.23. The number of aliphatic hydroxyl groups excluding tert-OH is 1. The van der Waals surface area contributed by atoms with Gasteiger partial charge in [-0.25, -0.2) is 0 Å². The van der Waals surface area contributed by atoms with Gasteiger partial charge >= 0.3 is 0 Å². The monoisotopic (exact) mass is 403 g/mol. The van der Waals surface area contributed by atoms with Gasteiger partial charge in [-0.1, -0.05) is 26.0 Å². The van der Waals surface area contributed by atoms with Gasteiger partial charge in [0.25, 0.3) is 0 Å². The second-order valence-corrected chi connectivity index (χ2v) is 6.81. The van der Waals surface area contributed by atoms with Crippen molar-refractivity contribution in [1.82, 2.24) is 4.90 Å². The molecule has 0 aromatic heterocycles. The Bertz CT molecular complexity index is 744. The Morgan fingerprint density at radius 1 is 0.931 bits per heavy atom. The van der Waals surface area contributed by atoms with Crippen LogP contribution in [-0.4, -0.2) is 55.6 Å². The highest BCUT2D eigenvalue weighted by Gasteiger charge is 2.23. The molecule has 0 spiro atoms. The Balaban J connectivity index is 2.20. The zero-order valence-corrected chi connectivity index (χ0v) is 17.9. The number of aryl methyl sites for hydroxylation is 1. The molecule has 2 aromatic carbocycles. The number of phenolic OH excluding ortho intramolecular Hbond substituents is 1. The predicted molar refractivity (Wildman–Crippen MR) is 114 cm³/mol. The molecule has 160 valence electrons. The standard InChI is InChI=1S/C23H33NO5/c1-5-24(6-2)15-16-29-23-21(28-4)14-13-20(27-3)22(23)19(26)12-9-17-7-10-18(25)11-8-17/h7-8,10-11,13-14,19,25-26H,5-6,9,12,15-16H2,1-4H3. The molecule has 6 nitrogen and oxygen atoms in total. The highest BCUT2D eigenvalue weighted by Crippen LogP contribution is 2.42. The third-order valence-electron chi connectivity index (χ3n) is 5.08. The van der Waals surface area contributed by atoms with Crippen LogP contribution in [0.1, 0.15) is 37.5 Å². The molecule has 0 saturated heterocycles. The highest BCUT2D eigenvalue weighted by atomic mass is 16.5. The Labute approximate surface area is 173 Å². The van der Waals surface area contributed by atoms with Crippen molar-refractivity contribution in [3.63, 3.8) is 0 Å². The van der Waals surface area contributed by atoms with E-state index in [1.54, 1.807) is 38.5 Å². The molecule has 0 aliphatic heterocycles. The Morgan fingerprint density at radius 2 is 1.55 bits per heavy atom. The zero-order chi connectivity index (χ0) is 21.2. The topological polar surface area (TPSA) is 71.4 Å². The molecular weight excluding hydrogens is 370 g/mol. The quantitative estimate of drug-likeness (QED) is 0.562. The van der Waals surface area contributed by atoms with Crippen LogP contribution in [0.2, 0.25) is 0 Å². The number of benzene rings is 2. The number of phenols is 1. The van der Waals surface area contributed by atoms with E-state index in [0.717, 1.165) is 25.2 Å². The number of nitrogens with zero attached hydrogens (tertiary/aromatic N) is 1. The van der Waals surface area contributed by atoms with Gasteiger partial charge in [-0.05, 0) is 55.8 Å². The zero-order valence-electron chi connectivity index (χ0n) is 17.9. The molecular formula is C23H33NO5. The van der Waals surface area contributed by atoms with Gasteiger partial charge in [0.05, 0.1) is 25.9 Å². The number of hydrogen-bond acceptors (Lipinski definition) is 6.